The minimum absolute atomic E-state index is 0.0441. The molecule has 6 nitrogen and oxygen atoms in total. The monoisotopic (exact) mass is 372 g/mol. The van der Waals surface area contributed by atoms with Gasteiger partial charge in [0, 0.05) is 0 Å². The lowest BCUT2D eigenvalue weighted by Gasteiger charge is -2.15. The Labute approximate surface area is 160 Å². The van der Waals surface area contributed by atoms with Crippen molar-refractivity contribution >= 4 is 11.6 Å². The first-order chi connectivity index (χ1) is 13.0. The fraction of sp³-hybridized carbons (Fsp3) is 0.381. The average Bonchev–Trinajstić information content (AvgIpc) is 2.66. The maximum atomic E-state index is 12.2. The molecule has 0 saturated heterocycles. The van der Waals surface area contributed by atoms with Crippen LogP contribution in [0.15, 0.2) is 42.5 Å². The maximum Gasteiger partial charge on any atom is 0.238 e. The number of carbonyl (C=O) groups is 1. The smallest absolute Gasteiger partial charge is 0.238 e. The van der Waals surface area contributed by atoms with E-state index >= 15 is 0 Å². The summed E-state index contributed by atoms with van der Waals surface area (Å²) >= 11 is 0. The van der Waals surface area contributed by atoms with Gasteiger partial charge >= 0.3 is 0 Å². The molecule has 2 aromatic carbocycles. The number of hydrogen-bond donors (Lipinski definition) is 2. The van der Waals surface area contributed by atoms with Gasteiger partial charge in [0.2, 0.25) is 5.91 Å². The van der Waals surface area contributed by atoms with Crippen LogP contribution in [0.3, 0.4) is 0 Å². The van der Waals surface area contributed by atoms with Crippen LogP contribution >= 0.6 is 0 Å². The number of hydrogen-bond acceptors (Lipinski definition) is 5. The summed E-state index contributed by atoms with van der Waals surface area (Å²) in [7, 11) is 3.23. The van der Waals surface area contributed by atoms with E-state index in [1.807, 2.05) is 56.3 Å². The summed E-state index contributed by atoms with van der Waals surface area (Å²) in [5, 5.41) is 6.04. The molecule has 0 bridgehead atoms. The summed E-state index contributed by atoms with van der Waals surface area (Å²) in [5.41, 5.74) is 1.79. The van der Waals surface area contributed by atoms with Crippen LogP contribution in [0.4, 0.5) is 5.69 Å². The molecule has 1 amide bonds. The number of rotatable bonds is 10. The average molecular weight is 372 g/mol. The van der Waals surface area contributed by atoms with Crippen molar-refractivity contribution in [3.63, 3.8) is 0 Å². The number of anilines is 1. The zero-order valence-electron chi connectivity index (χ0n) is 16.4. The van der Waals surface area contributed by atoms with E-state index in [-0.39, 0.29) is 18.6 Å². The zero-order valence-corrected chi connectivity index (χ0v) is 16.4. The Bertz CT molecular complexity index is 747. The predicted molar refractivity (Wildman–Crippen MR) is 107 cm³/mol. The van der Waals surface area contributed by atoms with Gasteiger partial charge in [-0.15, -0.1) is 0 Å². The van der Waals surface area contributed by atoms with E-state index < -0.39 is 0 Å². The standard InChI is InChI=1S/C21H28N2O4/c1-15(2)27-18-8-6-5-7-17(18)23-21(24)14-22-12-11-16-9-10-19(25-3)20(13-16)26-4/h5-10,13,15,22H,11-12,14H2,1-4H3,(H,23,24). The lowest BCUT2D eigenvalue weighted by atomic mass is 10.1. The van der Waals surface area contributed by atoms with Gasteiger partial charge in [0.25, 0.3) is 0 Å². The summed E-state index contributed by atoms with van der Waals surface area (Å²) < 4.78 is 16.3. The van der Waals surface area contributed by atoms with Crippen molar-refractivity contribution in [2.45, 2.75) is 26.4 Å². The van der Waals surface area contributed by atoms with Crippen molar-refractivity contribution in [1.29, 1.82) is 0 Å². The number of benzene rings is 2. The van der Waals surface area contributed by atoms with Crippen LogP contribution < -0.4 is 24.8 Å². The molecule has 27 heavy (non-hydrogen) atoms. The summed E-state index contributed by atoms with van der Waals surface area (Å²) in [6.07, 6.45) is 0.823. The Morgan fingerprint density at radius 1 is 1.00 bits per heavy atom. The van der Waals surface area contributed by atoms with E-state index in [9.17, 15) is 4.79 Å². The Hall–Kier alpha value is -2.73. The minimum atomic E-state index is -0.109. The maximum absolute atomic E-state index is 12.2. The molecule has 6 heteroatoms. The Morgan fingerprint density at radius 2 is 1.74 bits per heavy atom. The van der Waals surface area contributed by atoms with Crippen LogP contribution in [0, 0.1) is 0 Å². The third kappa shape index (κ3) is 6.49. The molecule has 0 aliphatic heterocycles. The lowest BCUT2D eigenvalue weighted by molar-refractivity contribution is -0.115. The molecule has 2 rings (SSSR count). The fourth-order valence-electron chi connectivity index (χ4n) is 2.59. The molecule has 0 atom stereocenters. The first kappa shape index (κ1) is 20.6. The Morgan fingerprint density at radius 3 is 2.44 bits per heavy atom. The van der Waals surface area contributed by atoms with Gasteiger partial charge in [0.1, 0.15) is 5.75 Å². The minimum Gasteiger partial charge on any atom is -0.493 e. The van der Waals surface area contributed by atoms with Gasteiger partial charge in [-0.2, -0.15) is 0 Å². The molecule has 0 aromatic heterocycles. The second-order valence-electron chi connectivity index (χ2n) is 6.33. The van der Waals surface area contributed by atoms with Crippen LogP contribution in [-0.2, 0) is 11.2 Å². The third-order valence-electron chi connectivity index (χ3n) is 3.85. The van der Waals surface area contributed by atoms with Crippen molar-refractivity contribution in [3.8, 4) is 17.2 Å². The SMILES string of the molecule is COc1ccc(CCNCC(=O)Nc2ccccc2OC(C)C)cc1OC. The van der Waals surface area contributed by atoms with Crippen molar-refractivity contribution in [3.05, 3.63) is 48.0 Å². The highest BCUT2D eigenvalue weighted by atomic mass is 16.5. The molecule has 146 valence electrons. The van der Waals surface area contributed by atoms with Gasteiger partial charge in [-0.3, -0.25) is 4.79 Å². The summed E-state index contributed by atoms with van der Waals surface area (Å²) in [4.78, 5) is 12.2. The van der Waals surface area contributed by atoms with Gasteiger partial charge in [0.05, 0.1) is 32.6 Å². The van der Waals surface area contributed by atoms with E-state index in [4.69, 9.17) is 14.2 Å². The van der Waals surface area contributed by atoms with Crippen LogP contribution in [-0.4, -0.2) is 39.3 Å². The first-order valence-electron chi connectivity index (χ1n) is 9.00. The molecular formula is C21H28N2O4. The van der Waals surface area contributed by atoms with E-state index in [0.717, 1.165) is 12.0 Å². The van der Waals surface area contributed by atoms with E-state index in [1.54, 1.807) is 14.2 Å². The third-order valence-corrected chi connectivity index (χ3v) is 3.85. The van der Waals surface area contributed by atoms with Crippen LogP contribution in [0.2, 0.25) is 0 Å². The van der Waals surface area contributed by atoms with E-state index in [2.05, 4.69) is 10.6 Å². The van der Waals surface area contributed by atoms with Crippen molar-refractivity contribution in [2.24, 2.45) is 0 Å². The quantitative estimate of drug-likeness (QED) is 0.627. The summed E-state index contributed by atoms with van der Waals surface area (Å²) in [6, 6.07) is 13.2. The molecule has 0 aliphatic carbocycles. The number of para-hydroxylation sites is 2. The Balaban J connectivity index is 1.80. The number of carbonyl (C=O) groups excluding carboxylic acids is 1. The van der Waals surface area contributed by atoms with Gasteiger partial charge in [0.15, 0.2) is 11.5 Å². The van der Waals surface area contributed by atoms with Crippen molar-refractivity contribution in [1.82, 2.24) is 5.32 Å². The molecule has 0 aliphatic rings. The van der Waals surface area contributed by atoms with Gasteiger partial charge in [-0.05, 0) is 56.6 Å². The fourth-order valence-corrected chi connectivity index (χ4v) is 2.59. The number of ether oxygens (including phenoxy) is 3. The molecule has 0 unspecified atom stereocenters. The van der Waals surface area contributed by atoms with Crippen LogP contribution in [0.5, 0.6) is 17.2 Å². The molecule has 0 saturated carbocycles. The second kappa shape index (κ2) is 10.4. The molecule has 0 fully saturated rings. The lowest BCUT2D eigenvalue weighted by Crippen LogP contribution is -2.29. The van der Waals surface area contributed by atoms with Gasteiger partial charge < -0.3 is 24.8 Å². The topological polar surface area (TPSA) is 68.8 Å². The zero-order chi connectivity index (χ0) is 19.6. The Kier molecular flexibility index (Phi) is 7.95. The number of nitrogens with one attached hydrogen (secondary N) is 2. The number of amides is 1. The van der Waals surface area contributed by atoms with E-state index in [1.165, 1.54) is 0 Å². The molecule has 0 spiro atoms. The summed E-state index contributed by atoms with van der Waals surface area (Å²) in [6.45, 7) is 4.80. The molecule has 0 heterocycles. The van der Waals surface area contributed by atoms with E-state index in [0.29, 0.717) is 29.5 Å². The van der Waals surface area contributed by atoms with Crippen molar-refractivity contribution < 1.29 is 19.0 Å². The largest absolute Gasteiger partial charge is 0.493 e. The molecular weight excluding hydrogens is 344 g/mol. The summed E-state index contributed by atoms with van der Waals surface area (Å²) in [5.74, 6) is 1.97. The predicted octanol–water partition coefficient (Wildman–Crippen LogP) is 3.26. The van der Waals surface area contributed by atoms with Gasteiger partial charge in [-0.1, -0.05) is 18.2 Å². The van der Waals surface area contributed by atoms with Gasteiger partial charge in [-0.25, -0.2) is 0 Å². The first-order valence-corrected chi connectivity index (χ1v) is 9.00. The highest BCUT2D eigenvalue weighted by Gasteiger charge is 2.09. The number of methoxy groups -OCH3 is 2. The highest BCUT2D eigenvalue weighted by Crippen LogP contribution is 2.27. The van der Waals surface area contributed by atoms with Crippen LogP contribution in [0.25, 0.3) is 0 Å². The molecule has 0 radical (unpaired) electrons. The second-order valence-corrected chi connectivity index (χ2v) is 6.33. The van der Waals surface area contributed by atoms with Crippen molar-refractivity contribution in [2.75, 3.05) is 32.6 Å². The highest BCUT2D eigenvalue weighted by molar-refractivity contribution is 5.93. The normalized spacial score (nSPS) is 10.6. The van der Waals surface area contributed by atoms with Crippen LogP contribution in [0.1, 0.15) is 19.4 Å². The molecule has 2 N–H and O–H groups in total. The molecule has 2 aromatic rings.